The lowest BCUT2D eigenvalue weighted by Crippen LogP contribution is -2.38. The first-order chi connectivity index (χ1) is 10.6. The van der Waals surface area contributed by atoms with Crippen molar-refractivity contribution in [3.05, 3.63) is 69.9 Å². The number of nitrogens with zero attached hydrogens (tertiary/aromatic N) is 1. The molecule has 1 aromatic carbocycles. The molecule has 1 saturated heterocycles. The molecule has 3 rings (SSSR count). The van der Waals surface area contributed by atoms with Crippen LogP contribution in [0.4, 0.5) is 4.39 Å². The van der Waals surface area contributed by atoms with Crippen molar-refractivity contribution in [2.24, 2.45) is 0 Å². The number of aromatic amines is 1. The number of piperidine rings is 1. The lowest BCUT2D eigenvalue weighted by atomic mass is 9.94. The van der Waals surface area contributed by atoms with E-state index in [2.05, 4.69) is 4.98 Å². The molecular formula is C17H17FN2O2. The molecule has 1 aromatic heterocycles. The van der Waals surface area contributed by atoms with Gasteiger partial charge in [0.05, 0.1) is 11.6 Å². The minimum atomic E-state index is -0.292. The maximum Gasteiger partial charge on any atom is 0.255 e. The zero-order chi connectivity index (χ0) is 15.5. The number of benzene rings is 1. The van der Waals surface area contributed by atoms with E-state index in [-0.39, 0.29) is 23.3 Å². The van der Waals surface area contributed by atoms with Gasteiger partial charge >= 0.3 is 0 Å². The van der Waals surface area contributed by atoms with E-state index in [0.717, 1.165) is 24.8 Å². The molecule has 4 nitrogen and oxygen atoms in total. The third-order valence-corrected chi connectivity index (χ3v) is 4.03. The van der Waals surface area contributed by atoms with Crippen LogP contribution in [0.3, 0.4) is 0 Å². The molecule has 22 heavy (non-hydrogen) atoms. The third-order valence-electron chi connectivity index (χ3n) is 4.03. The highest BCUT2D eigenvalue weighted by Crippen LogP contribution is 2.32. The summed E-state index contributed by atoms with van der Waals surface area (Å²) in [7, 11) is 0. The smallest absolute Gasteiger partial charge is 0.255 e. The molecule has 0 aliphatic carbocycles. The lowest BCUT2D eigenvalue weighted by molar-refractivity contribution is 0.0610. The van der Waals surface area contributed by atoms with Crippen molar-refractivity contribution in [1.82, 2.24) is 9.88 Å². The Morgan fingerprint density at radius 1 is 1.23 bits per heavy atom. The molecule has 0 radical (unpaired) electrons. The zero-order valence-electron chi connectivity index (χ0n) is 12.1. The molecule has 1 amide bonds. The highest BCUT2D eigenvalue weighted by molar-refractivity contribution is 5.94. The number of amides is 1. The average Bonchev–Trinajstić information content (AvgIpc) is 2.55. The summed E-state index contributed by atoms with van der Waals surface area (Å²) in [5.41, 5.74) is 1.03. The quantitative estimate of drug-likeness (QED) is 0.927. The lowest BCUT2D eigenvalue weighted by Gasteiger charge is -2.36. The predicted octanol–water partition coefficient (Wildman–Crippen LogP) is 2.88. The first-order valence-corrected chi connectivity index (χ1v) is 7.40. The van der Waals surface area contributed by atoms with E-state index < -0.39 is 0 Å². The molecule has 1 N–H and O–H groups in total. The Balaban J connectivity index is 1.90. The topological polar surface area (TPSA) is 53.2 Å². The van der Waals surface area contributed by atoms with Gasteiger partial charge in [-0.1, -0.05) is 12.1 Å². The highest BCUT2D eigenvalue weighted by Gasteiger charge is 2.28. The molecule has 1 fully saturated rings. The van der Waals surface area contributed by atoms with Crippen molar-refractivity contribution in [2.45, 2.75) is 25.3 Å². The number of aromatic nitrogens is 1. The molecule has 1 atom stereocenters. The number of pyridine rings is 1. The number of H-pyrrole nitrogens is 1. The summed E-state index contributed by atoms with van der Waals surface area (Å²) < 4.78 is 13.5. The number of carbonyl (C=O) groups excluding carboxylic acids is 1. The molecule has 5 heteroatoms. The molecule has 0 spiro atoms. The van der Waals surface area contributed by atoms with E-state index in [1.807, 2.05) is 6.07 Å². The maximum absolute atomic E-state index is 13.5. The van der Waals surface area contributed by atoms with Crippen molar-refractivity contribution < 1.29 is 9.18 Å². The van der Waals surface area contributed by atoms with Gasteiger partial charge < -0.3 is 9.88 Å². The largest absolute Gasteiger partial charge is 0.332 e. The summed E-state index contributed by atoms with van der Waals surface area (Å²) in [4.78, 5) is 28.1. The summed E-state index contributed by atoms with van der Waals surface area (Å²) in [6.07, 6.45) is 4.19. The Hall–Kier alpha value is -2.43. The Morgan fingerprint density at radius 3 is 2.82 bits per heavy atom. The molecule has 1 unspecified atom stereocenters. The van der Waals surface area contributed by atoms with Gasteiger partial charge in [-0.25, -0.2) is 4.39 Å². The highest BCUT2D eigenvalue weighted by atomic mass is 19.1. The molecule has 114 valence electrons. The second kappa shape index (κ2) is 6.13. The zero-order valence-corrected chi connectivity index (χ0v) is 12.1. The van der Waals surface area contributed by atoms with Crippen molar-refractivity contribution in [3.8, 4) is 0 Å². The molecule has 0 saturated carbocycles. The normalized spacial score (nSPS) is 18.2. The first-order valence-electron chi connectivity index (χ1n) is 7.40. The van der Waals surface area contributed by atoms with Crippen LogP contribution in [0.5, 0.6) is 0 Å². The van der Waals surface area contributed by atoms with Crippen LogP contribution >= 0.6 is 0 Å². The third kappa shape index (κ3) is 2.93. The number of hydrogen-bond donors (Lipinski definition) is 1. The van der Waals surface area contributed by atoms with E-state index in [0.29, 0.717) is 12.1 Å². The van der Waals surface area contributed by atoms with Crippen LogP contribution in [0.1, 0.15) is 41.2 Å². The second-order valence-corrected chi connectivity index (χ2v) is 5.51. The Bertz CT molecular complexity index is 721. The van der Waals surface area contributed by atoms with Crippen molar-refractivity contribution in [3.63, 3.8) is 0 Å². The maximum atomic E-state index is 13.5. The van der Waals surface area contributed by atoms with Crippen LogP contribution in [0.2, 0.25) is 0 Å². The molecule has 1 aliphatic rings. The fourth-order valence-corrected chi connectivity index (χ4v) is 2.94. The molecule has 1 aliphatic heterocycles. The summed E-state index contributed by atoms with van der Waals surface area (Å²) in [5.74, 6) is -0.426. The van der Waals surface area contributed by atoms with Gasteiger partial charge in [-0.05, 0) is 43.0 Å². The fourth-order valence-electron chi connectivity index (χ4n) is 2.94. The van der Waals surface area contributed by atoms with E-state index >= 15 is 0 Å². The van der Waals surface area contributed by atoms with Gasteiger partial charge in [0, 0.05) is 18.8 Å². The number of nitrogens with one attached hydrogen (secondary N) is 1. The summed E-state index contributed by atoms with van der Waals surface area (Å²) >= 11 is 0. The fraction of sp³-hybridized carbons (Fsp3) is 0.294. The Labute approximate surface area is 127 Å². The van der Waals surface area contributed by atoms with Gasteiger partial charge in [-0.2, -0.15) is 0 Å². The van der Waals surface area contributed by atoms with E-state index in [4.69, 9.17) is 0 Å². The second-order valence-electron chi connectivity index (χ2n) is 5.51. The van der Waals surface area contributed by atoms with Gasteiger partial charge in [-0.15, -0.1) is 0 Å². The first kappa shape index (κ1) is 14.5. The molecule has 0 bridgehead atoms. The monoisotopic (exact) mass is 300 g/mol. The number of likely N-dealkylation sites (tertiary alicyclic amines) is 1. The van der Waals surface area contributed by atoms with Crippen LogP contribution < -0.4 is 5.56 Å². The standard InChI is InChI=1S/C17H17FN2O2/c18-14-5-3-4-12(10-14)15-6-1-2-9-20(15)17(22)13-7-8-16(21)19-11-13/h3-5,7-8,10-11,15H,1-2,6,9H2,(H,19,21). The van der Waals surface area contributed by atoms with Gasteiger partial charge in [0.2, 0.25) is 5.56 Å². The van der Waals surface area contributed by atoms with E-state index in [9.17, 15) is 14.0 Å². The van der Waals surface area contributed by atoms with Crippen molar-refractivity contribution in [2.75, 3.05) is 6.54 Å². The Morgan fingerprint density at radius 2 is 2.09 bits per heavy atom. The van der Waals surface area contributed by atoms with Crippen LogP contribution in [0, 0.1) is 5.82 Å². The minimum Gasteiger partial charge on any atom is -0.332 e. The predicted molar refractivity (Wildman–Crippen MR) is 81.1 cm³/mol. The van der Waals surface area contributed by atoms with Gasteiger partial charge in [0.15, 0.2) is 0 Å². The van der Waals surface area contributed by atoms with Crippen molar-refractivity contribution >= 4 is 5.91 Å². The van der Waals surface area contributed by atoms with Crippen LogP contribution in [0.25, 0.3) is 0 Å². The van der Waals surface area contributed by atoms with Crippen LogP contribution in [0.15, 0.2) is 47.4 Å². The number of hydrogen-bond acceptors (Lipinski definition) is 2. The average molecular weight is 300 g/mol. The van der Waals surface area contributed by atoms with Crippen LogP contribution in [-0.4, -0.2) is 22.3 Å². The van der Waals surface area contributed by atoms with Gasteiger partial charge in [0.25, 0.3) is 5.91 Å². The number of rotatable bonds is 2. The SMILES string of the molecule is O=C(c1ccc(=O)[nH]c1)N1CCCCC1c1cccc(F)c1. The summed E-state index contributed by atoms with van der Waals surface area (Å²) in [6, 6.07) is 9.16. The van der Waals surface area contributed by atoms with Crippen molar-refractivity contribution in [1.29, 1.82) is 0 Å². The molecular weight excluding hydrogens is 283 g/mol. The number of carbonyl (C=O) groups is 1. The summed E-state index contributed by atoms with van der Waals surface area (Å²) in [5, 5.41) is 0. The molecule has 2 heterocycles. The van der Waals surface area contributed by atoms with E-state index in [1.165, 1.54) is 30.5 Å². The molecule has 2 aromatic rings. The minimum absolute atomic E-state index is 0.121. The number of halogens is 1. The van der Waals surface area contributed by atoms with E-state index in [1.54, 1.807) is 11.0 Å². The summed E-state index contributed by atoms with van der Waals surface area (Å²) in [6.45, 7) is 0.638. The Kier molecular flexibility index (Phi) is 4.04. The van der Waals surface area contributed by atoms with Gasteiger partial charge in [-0.3, -0.25) is 9.59 Å². The van der Waals surface area contributed by atoms with Crippen LogP contribution in [-0.2, 0) is 0 Å². The van der Waals surface area contributed by atoms with Gasteiger partial charge in [0.1, 0.15) is 5.82 Å².